The zero-order valence-corrected chi connectivity index (χ0v) is 11.1. The van der Waals surface area contributed by atoms with Crippen molar-refractivity contribution in [2.75, 3.05) is 12.3 Å². The highest BCUT2D eigenvalue weighted by atomic mass is 16.1. The van der Waals surface area contributed by atoms with Crippen LogP contribution < -0.4 is 11.1 Å². The first-order valence-electron chi connectivity index (χ1n) is 6.05. The van der Waals surface area contributed by atoms with Crippen LogP contribution in [0.5, 0.6) is 0 Å². The molecule has 100 valence electrons. The van der Waals surface area contributed by atoms with Gasteiger partial charge in [-0.25, -0.2) is 0 Å². The molecule has 19 heavy (non-hydrogen) atoms. The van der Waals surface area contributed by atoms with Crippen LogP contribution >= 0.6 is 0 Å². The van der Waals surface area contributed by atoms with Gasteiger partial charge in [-0.1, -0.05) is 6.07 Å². The lowest BCUT2D eigenvalue weighted by Gasteiger charge is -2.09. The first-order valence-corrected chi connectivity index (χ1v) is 6.05. The summed E-state index contributed by atoms with van der Waals surface area (Å²) in [7, 11) is 1.87. The summed E-state index contributed by atoms with van der Waals surface area (Å²) in [6.45, 7) is 2.35. The molecule has 0 bridgehead atoms. The molecule has 0 aliphatic heterocycles. The molecule has 1 aromatic carbocycles. The summed E-state index contributed by atoms with van der Waals surface area (Å²) >= 11 is 0. The van der Waals surface area contributed by atoms with E-state index in [1.807, 2.05) is 18.5 Å². The number of rotatable bonds is 4. The Morgan fingerprint density at radius 3 is 2.95 bits per heavy atom. The van der Waals surface area contributed by atoms with Crippen LogP contribution in [0.3, 0.4) is 0 Å². The number of nitrogen functional groups attached to an aromatic ring is 1. The van der Waals surface area contributed by atoms with Gasteiger partial charge in [-0.2, -0.15) is 0 Å². The van der Waals surface area contributed by atoms with Gasteiger partial charge in [0.2, 0.25) is 0 Å². The fourth-order valence-electron chi connectivity index (χ4n) is 1.82. The molecule has 0 unspecified atom stereocenters. The molecule has 6 heteroatoms. The summed E-state index contributed by atoms with van der Waals surface area (Å²) in [6, 6.07) is 5.33. The SMILES string of the molecule is Cc1c(N)cccc1C(=O)NCCc1nncn1C. The molecule has 1 amide bonds. The number of anilines is 1. The van der Waals surface area contributed by atoms with Crippen LogP contribution in [0, 0.1) is 6.92 Å². The summed E-state index contributed by atoms with van der Waals surface area (Å²) in [5.74, 6) is 0.719. The van der Waals surface area contributed by atoms with Gasteiger partial charge in [0.05, 0.1) is 0 Å². The number of nitrogens with zero attached hydrogens (tertiary/aromatic N) is 3. The third kappa shape index (κ3) is 2.90. The molecule has 1 aromatic heterocycles. The van der Waals surface area contributed by atoms with Gasteiger partial charge in [0.15, 0.2) is 0 Å². The Morgan fingerprint density at radius 2 is 2.26 bits per heavy atom. The number of hydrogen-bond acceptors (Lipinski definition) is 4. The van der Waals surface area contributed by atoms with E-state index in [-0.39, 0.29) is 5.91 Å². The summed E-state index contributed by atoms with van der Waals surface area (Å²) in [5.41, 5.74) is 7.82. The Balaban J connectivity index is 1.95. The van der Waals surface area contributed by atoms with Crippen LogP contribution in [-0.2, 0) is 13.5 Å². The molecule has 0 fully saturated rings. The van der Waals surface area contributed by atoms with Crippen molar-refractivity contribution in [3.05, 3.63) is 41.5 Å². The zero-order chi connectivity index (χ0) is 13.8. The molecule has 3 N–H and O–H groups in total. The van der Waals surface area contributed by atoms with Gasteiger partial charge in [0, 0.05) is 31.3 Å². The van der Waals surface area contributed by atoms with Gasteiger partial charge in [-0.3, -0.25) is 4.79 Å². The van der Waals surface area contributed by atoms with E-state index in [1.165, 1.54) is 0 Å². The number of aryl methyl sites for hydroxylation is 1. The molecule has 0 saturated carbocycles. The zero-order valence-electron chi connectivity index (χ0n) is 11.1. The Labute approximate surface area is 111 Å². The highest BCUT2D eigenvalue weighted by molar-refractivity contribution is 5.96. The average molecular weight is 259 g/mol. The minimum Gasteiger partial charge on any atom is -0.398 e. The molecule has 0 aliphatic carbocycles. The van der Waals surface area contributed by atoms with Gasteiger partial charge < -0.3 is 15.6 Å². The summed E-state index contributed by atoms with van der Waals surface area (Å²) in [4.78, 5) is 12.0. The fraction of sp³-hybridized carbons (Fsp3) is 0.308. The van der Waals surface area contributed by atoms with E-state index in [1.54, 1.807) is 24.5 Å². The minimum atomic E-state index is -0.119. The molecular weight excluding hydrogens is 242 g/mol. The number of aromatic nitrogens is 3. The molecule has 0 atom stereocenters. The molecule has 1 heterocycles. The van der Waals surface area contributed by atoms with E-state index >= 15 is 0 Å². The summed E-state index contributed by atoms with van der Waals surface area (Å²) < 4.78 is 1.83. The third-order valence-electron chi connectivity index (χ3n) is 3.06. The molecule has 0 aliphatic rings. The van der Waals surface area contributed by atoms with Crippen molar-refractivity contribution in [3.63, 3.8) is 0 Å². The number of carbonyl (C=O) groups is 1. The largest absolute Gasteiger partial charge is 0.398 e. The predicted octanol–water partition coefficient (Wildman–Crippen LogP) is 0.678. The van der Waals surface area contributed by atoms with Gasteiger partial charge >= 0.3 is 0 Å². The summed E-state index contributed by atoms with van der Waals surface area (Å²) in [6.07, 6.45) is 2.28. The molecular formula is C13H17N5O. The van der Waals surface area contributed by atoms with E-state index in [9.17, 15) is 4.79 Å². The van der Waals surface area contributed by atoms with Crippen LogP contribution in [0.15, 0.2) is 24.5 Å². The second-order valence-corrected chi connectivity index (χ2v) is 4.38. The van der Waals surface area contributed by atoms with E-state index in [0.29, 0.717) is 24.2 Å². The van der Waals surface area contributed by atoms with Gasteiger partial charge in [-0.15, -0.1) is 10.2 Å². The normalized spacial score (nSPS) is 10.4. The van der Waals surface area contributed by atoms with Crippen molar-refractivity contribution in [1.29, 1.82) is 0 Å². The Kier molecular flexibility index (Phi) is 3.79. The van der Waals surface area contributed by atoms with E-state index in [0.717, 1.165) is 11.4 Å². The number of carbonyl (C=O) groups excluding carboxylic acids is 1. The highest BCUT2D eigenvalue weighted by Gasteiger charge is 2.10. The maximum atomic E-state index is 12.0. The number of nitrogens with two attached hydrogens (primary N) is 1. The number of hydrogen-bond donors (Lipinski definition) is 2. The van der Waals surface area contributed by atoms with Crippen molar-refractivity contribution in [1.82, 2.24) is 20.1 Å². The lowest BCUT2D eigenvalue weighted by molar-refractivity contribution is 0.0953. The maximum absolute atomic E-state index is 12.0. The van der Waals surface area contributed by atoms with E-state index in [4.69, 9.17) is 5.73 Å². The number of nitrogens with one attached hydrogen (secondary N) is 1. The topological polar surface area (TPSA) is 85.8 Å². The Bertz CT molecular complexity index is 590. The van der Waals surface area contributed by atoms with Gasteiger partial charge in [-0.05, 0) is 24.6 Å². The van der Waals surface area contributed by atoms with E-state index < -0.39 is 0 Å². The van der Waals surface area contributed by atoms with E-state index in [2.05, 4.69) is 15.5 Å². The van der Waals surface area contributed by atoms with Crippen LogP contribution in [0.1, 0.15) is 21.7 Å². The van der Waals surface area contributed by atoms with Crippen LogP contribution in [0.25, 0.3) is 0 Å². The second-order valence-electron chi connectivity index (χ2n) is 4.38. The van der Waals surface area contributed by atoms with Crippen molar-refractivity contribution < 1.29 is 4.79 Å². The Morgan fingerprint density at radius 1 is 1.47 bits per heavy atom. The molecule has 0 radical (unpaired) electrons. The molecule has 0 spiro atoms. The lowest BCUT2D eigenvalue weighted by Crippen LogP contribution is -2.27. The number of amides is 1. The first kappa shape index (κ1) is 13.1. The van der Waals surface area contributed by atoms with Crippen molar-refractivity contribution in [2.24, 2.45) is 7.05 Å². The smallest absolute Gasteiger partial charge is 0.251 e. The Hall–Kier alpha value is -2.37. The molecule has 6 nitrogen and oxygen atoms in total. The fourth-order valence-corrected chi connectivity index (χ4v) is 1.82. The average Bonchev–Trinajstić information content (AvgIpc) is 2.78. The third-order valence-corrected chi connectivity index (χ3v) is 3.06. The van der Waals surface area contributed by atoms with Crippen molar-refractivity contribution in [3.8, 4) is 0 Å². The van der Waals surface area contributed by atoms with Crippen LogP contribution in [0.4, 0.5) is 5.69 Å². The predicted molar refractivity (Wildman–Crippen MR) is 72.6 cm³/mol. The lowest BCUT2D eigenvalue weighted by atomic mass is 10.1. The molecule has 2 aromatic rings. The number of benzene rings is 1. The van der Waals surface area contributed by atoms with Gasteiger partial charge in [0.25, 0.3) is 5.91 Å². The first-order chi connectivity index (χ1) is 9.09. The van der Waals surface area contributed by atoms with Crippen LogP contribution in [0.2, 0.25) is 0 Å². The van der Waals surface area contributed by atoms with Crippen LogP contribution in [-0.4, -0.2) is 27.2 Å². The standard InChI is InChI=1S/C13H17N5O/c1-9-10(4-3-5-11(9)14)13(19)15-7-6-12-17-16-8-18(12)2/h3-5,8H,6-7,14H2,1-2H3,(H,15,19). The molecule has 0 saturated heterocycles. The van der Waals surface area contributed by atoms with Crippen molar-refractivity contribution in [2.45, 2.75) is 13.3 Å². The van der Waals surface area contributed by atoms with Gasteiger partial charge in [0.1, 0.15) is 12.2 Å². The van der Waals surface area contributed by atoms with Crippen molar-refractivity contribution >= 4 is 11.6 Å². The maximum Gasteiger partial charge on any atom is 0.251 e. The minimum absolute atomic E-state index is 0.119. The highest BCUT2D eigenvalue weighted by Crippen LogP contribution is 2.15. The second kappa shape index (κ2) is 5.51. The molecule has 2 rings (SSSR count). The quantitative estimate of drug-likeness (QED) is 0.790. The summed E-state index contributed by atoms with van der Waals surface area (Å²) in [5, 5.41) is 10.6. The monoisotopic (exact) mass is 259 g/mol.